The molecule has 0 spiro atoms. The summed E-state index contributed by atoms with van der Waals surface area (Å²) in [7, 11) is 0. The van der Waals surface area contributed by atoms with E-state index in [1.165, 1.54) is 5.56 Å². The van der Waals surface area contributed by atoms with Gasteiger partial charge in [0, 0.05) is 25.0 Å². The topological polar surface area (TPSA) is 61.4 Å². The van der Waals surface area contributed by atoms with E-state index in [2.05, 4.69) is 16.7 Å². The van der Waals surface area contributed by atoms with E-state index in [1.54, 1.807) is 6.07 Å². The third kappa shape index (κ3) is 2.08. The Labute approximate surface area is 106 Å². The van der Waals surface area contributed by atoms with Gasteiger partial charge in [0.2, 0.25) is 5.91 Å². The van der Waals surface area contributed by atoms with Gasteiger partial charge in [-0.05, 0) is 36.5 Å². The van der Waals surface area contributed by atoms with Crippen molar-refractivity contribution in [2.24, 2.45) is 0 Å². The van der Waals surface area contributed by atoms with E-state index in [1.807, 2.05) is 6.07 Å². The van der Waals surface area contributed by atoms with Gasteiger partial charge in [0.25, 0.3) is 0 Å². The summed E-state index contributed by atoms with van der Waals surface area (Å²) in [4.78, 5) is 11.1. The van der Waals surface area contributed by atoms with Crippen LogP contribution in [-0.4, -0.2) is 23.6 Å². The van der Waals surface area contributed by atoms with Crippen molar-refractivity contribution in [3.05, 3.63) is 29.3 Å². The second-order valence-electron chi connectivity index (χ2n) is 5.15. The Bertz CT molecular complexity index is 473. The molecule has 1 aromatic rings. The third-order valence-electron chi connectivity index (χ3n) is 3.94. The van der Waals surface area contributed by atoms with Crippen molar-refractivity contribution >= 4 is 5.91 Å². The molecule has 1 aliphatic heterocycles. The van der Waals surface area contributed by atoms with Gasteiger partial charge in [0.05, 0.1) is 0 Å². The number of fused-ring (bicyclic) bond motifs is 1. The molecule has 0 aromatic heterocycles. The van der Waals surface area contributed by atoms with Crippen LogP contribution in [0.1, 0.15) is 36.4 Å². The van der Waals surface area contributed by atoms with Gasteiger partial charge >= 0.3 is 0 Å². The zero-order chi connectivity index (χ0) is 12.5. The Hall–Kier alpha value is -1.55. The zero-order valence-electron chi connectivity index (χ0n) is 10.3. The number of hydrogen-bond acceptors (Lipinski definition) is 3. The number of phenolic OH excluding ortho intramolecular Hbond substituents is 1. The van der Waals surface area contributed by atoms with Crippen molar-refractivity contribution in [1.82, 2.24) is 10.6 Å². The van der Waals surface area contributed by atoms with E-state index >= 15 is 0 Å². The molecule has 18 heavy (non-hydrogen) atoms. The maximum atomic E-state index is 11.1. The first-order chi connectivity index (χ1) is 8.74. The van der Waals surface area contributed by atoms with E-state index in [-0.39, 0.29) is 11.9 Å². The summed E-state index contributed by atoms with van der Waals surface area (Å²) in [5.41, 5.74) is 2.28. The molecule has 0 bridgehead atoms. The minimum absolute atomic E-state index is 0.159. The molecule has 1 heterocycles. The van der Waals surface area contributed by atoms with Gasteiger partial charge < -0.3 is 15.7 Å². The number of carbonyl (C=O) groups is 1. The highest BCUT2D eigenvalue weighted by Crippen LogP contribution is 2.36. The Morgan fingerprint density at radius 2 is 2.22 bits per heavy atom. The lowest BCUT2D eigenvalue weighted by Gasteiger charge is -2.17. The highest BCUT2D eigenvalue weighted by molar-refractivity contribution is 5.78. The van der Waals surface area contributed by atoms with Crippen molar-refractivity contribution in [3.8, 4) is 5.75 Å². The predicted octanol–water partition coefficient (Wildman–Crippen LogP) is 1.25. The van der Waals surface area contributed by atoms with Gasteiger partial charge in [-0.1, -0.05) is 12.1 Å². The zero-order valence-corrected chi connectivity index (χ0v) is 10.3. The van der Waals surface area contributed by atoms with Crippen LogP contribution in [0.25, 0.3) is 0 Å². The Kier molecular flexibility index (Phi) is 2.96. The summed E-state index contributed by atoms with van der Waals surface area (Å²) in [6.45, 7) is 0.811. The monoisotopic (exact) mass is 246 g/mol. The van der Waals surface area contributed by atoms with Crippen molar-refractivity contribution in [3.63, 3.8) is 0 Å². The molecule has 1 aliphatic carbocycles. The SMILES string of the molecule is O=C1CCC(CNC2CCc3c(O)cccc32)N1. The fourth-order valence-electron chi connectivity index (χ4n) is 2.96. The maximum Gasteiger partial charge on any atom is 0.220 e. The normalized spacial score (nSPS) is 26.1. The molecule has 0 saturated carbocycles. The number of phenols is 1. The van der Waals surface area contributed by atoms with E-state index in [4.69, 9.17) is 0 Å². The van der Waals surface area contributed by atoms with Crippen LogP contribution < -0.4 is 10.6 Å². The fourth-order valence-corrected chi connectivity index (χ4v) is 2.96. The lowest BCUT2D eigenvalue weighted by molar-refractivity contribution is -0.119. The summed E-state index contributed by atoms with van der Waals surface area (Å²) < 4.78 is 0. The van der Waals surface area contributed by atoms with E-state index < -0.39 is 0 Å². The quantitative estimate of drug-likeness (QED) is 0.752. The van der Waals surface area contributed by atoms with Crippen LogP contribution in [0.4, 0.5) is 0 Å². The van der Waals surface area contributed by atoms with Crippen LogP contribution in [0.3, 0.4) is 0 Å². The molecule has 2 atom stereocenters. The minimum Gasteiger partial charge on any atom is -0.508 e. The molecule has 1 fully saturated rings. The van der Waals surface area contributed by atoms with Crippen LogP contribution in [0.15, 0.2) is 18.2 Å². The largest absolute Gasteiger partial charge is 0.508 e. The van der Waals surface area contributed by atoms with Crippen molar-refractivity contribution in [2.45, 2.75) is 37.8 Å². The fraction of sp³-hybridized carbons (Fsp3) is 0.500. The van der Waals surface area contributed by atoms with Crippen LogP contribution in [0.2, 0.25) is 0 Å². The van der Waals surface area contributed by atoms with Gasteiger partial charge in [0.1, 0.15) is 5.75 Å². The number of hydrogen-bond donors (Lipinski definition) is 3. The highest BCUT2D eigenvalue weighted by atomic mass is 16.3. The summed E-state index contributed by atoms with van der Waals surface area (Å²) in [6.07, 6.45) is 3.52. The molecule has 0 radical (unpaired) electrons. The molecule has 3 N–H and O–H groups in total. The van der Waals surface area contributed by atoms with Crippen LogP contribution in [0, 0.1) is 0 Å². The van der Waals surface area contributed by atoms with Gasteiger partial charge in [-0.2, -0.15) is 0 Å². The first-order valence-corrected chi connectivity index (χ1v) is 6.57. The van der Waals surface area contributed by atoms with Crippen LogP contribution in [-0.2, 0) is 11.2 Å². The van der Waals surface area contributed by atoms with Crippen molar-refractivity contribution < 1.29 is 9.90 Å². The standard InChI is InChI=1S/C14H18N2O2/c17-13-3-1-2-10-11(13)5-6-12(10)15-8-9-4-7-14(18)16-9/h1-3,9,12,15,17H,4-8H2,(H,16,18). The minimum atomic E-state index is 0.159. The first-order valence-electron chi connectivity index (χ1n) is 6.57. The van der Waals surface area contributed by atoms with Crippen molar-refractivity contribution in [2.75, 3.05) is 6.54 Å². The van der Waals surface area contributed by atoms with Crippen LogP contribution in [0.5, 0.6) is 5.75 Å². The molecular weight excluding hydrogens is 228 g/mol. The first kappa shape index (κ1) is 11.5. The average Bonchev–Trinajstić information content (AvgIpc) is 2.94. The molecule has 4 nitrogen and oxygen atoms in total. The molecule has 1 aromatic carbocycles. The van der Waals surface area contributed by atoms with Gasteiger partial charge in [-0.15, -0.1) is 0 Å². The second-order valence-corrected chi connectivity index (χ2v) is 5.15. The molecule has 2 unspecified atom stereocenters. The van der Waals surface area contributed by atoms with Crippen molar-refractivity contribution in [1.29, 1.82) is 0 Å². The van der Waals surface area contributed by atoms with Gasteiger partial charge in [0.15, 0.2) is 0 Å². The summed E-state index contributed by atoms with van der Waals surface area (Å²) in [6, 6.07) is 6.29. The molecule has 3 rings (SSSR count). The average molecular weight is 246 g/mol. The Balaban J connectivity index is 1.63. The molecule has 4 heteroatoms. The number of amides is 1. The number of aromatic hydroxyl groups is 1. The maximum absolute atomic E-state index is 11.1. The molecular formula is C14H18N2O2. The summed E-state index contributed by atoms with van der Waals surface area (Å²) in [5.74, 6) is 0.567. The van der Waals surface area contributed by atoms with E-state index in [0.717, 1.165) is 31.4 Å². The smallest absolute Gasteiger partial charge is 0.220 e. The number of benzene rings is 1. The predicted molar refractivity (Wildman–Crippen MR) is 68.3 cm³/mol. The lowest BCUT2D eigenvalue weighted by Crippen LogP contribution is -2.36. The Morgan fingerprint density at radius 3 is 3.00 bits per heavy atom. The lowest BCUT2D eigenvalue weighted by atomic mass is 10.1. The highest BCUT2D eigenvalue weighted by Gasteiger charge is 2.26. The summed E-state index contributed by atoms with van der Waals surface area (Å²) >= 11 is 0. The summed E-state index contributed by atoms with van der Waals surface area (Å²) in [5, 5.41) is 16.2. The van der Waals surface area contributed by atoms with Gasteiger partial charge in [-0.25, -0.2) is 0 Å². The molecule has 1 saturated heterocycles. The Morgan fingerprint density at radius 1 is 1.33 bits per heavy atom. The molecule has 1 amide bonds. The second kappa shape index (κ2) is 4.61. The van der Waals surface area contributed by atoms with E-state index in [9.17, 15) is 9.90 Å². The van der Waals surface area contributed by atoms with E-state index in [0.29, 0.717) is 18.2 Å². The third-order valence-corrected chi connectivity index (χ3v) is 3.94. The number of carbonyl (C=O) groups excluding carboxylic acids is 1. The van der Waals surface area contributed by atoms with Crippen LogP contribution >= 0.6 is 0 Å². The number of nitrogens with one attached hydrogen (secondary N) is 2. The number of rotatable bonds is 3. The molecule has 2 aliphatic rings. The van der Waals surface area contributed by atoms with Gasteiger partial charge in [-0.3, -0.25) is 4.79 Å². The molecule has 96 valence electrons.